The molecule has 0 aliphatic rings. The first-order valence-electron chi connectivity index (χ1n) is 5.67. The first-order valence-corrected chi connectivity index (χ1v) is 5.67. The highest BCUT2D eigenvalue weighted by Gasteiger charge is 2.21. The Bertz CT molecular complexity index is 241. The van der Waals surface area contributed by atoms with Crippen LogP contribution in [0.4, 0.5) is 0 Å². The lowest BCUT2D eigenvalue weighted by molar-refractivity contribution is -0.137. The normalized spacial score (nSPS) is 12.4. The van der Waals surface area contributed by atoms with Gasteiger partial charge in [0.05, 0.1) is 12.6 Å². The van der Waals surface area contributed by atoms with Crippen molar-refractivity contribution < 1.29 is 9.59 Å². The van der Waals surface area contributed by atoms with E-state index in [0.717, 1.165) is 0 Å². The molecule has 5 heteroatoms. The van der Waals surface area contributed by atoms with Gasteiger partial charge in [-0.25, -0.2) is 0 Å². The summed E-state index contributed by atoms with van der Waals surface area (Å²) < 4.78 is 0. The molecule has 0 unspecified atom stereocenters. The summed E-state index contributed by atoms with van der Waals surface area (Å²) in [6.45, 7) is 6.45. The molecular weight excluding hydrogens is 206 g/mol. The summed E-state index contributed by atoms with van der Waals surface area (Å²) in [5.74, 6) is 0.0457. The molecule has 0 saturated heterocycles. The SMILES string of the molecule is CCN(CC(=O)NC)C(=O)[C@@H](N)CC(C)C. The van der Waals surface area contributed by atoms with Crippen LogP contribution in [-0.2, 0) is 9.59 Å². The molecule has 0 saturated carbocycles. The molecule has 94 valence electrons. The van der Waals surface area contributed by atoms with Crippen molar-refractivity contribution in [1.29, 1.82) is 0 Å². The van der Waals surface area contributed by atoms with Gasteiger partial charge in [-0.1, -0.05) is 13.8 Å². The lowest BCUT2D eigenvalue weighted by Crippen LogP contribution is -2.47. The molecule has 0 aromatic heterocycles. The van der Waals surface area contributed by atoms with Crippen molar-refractivity contribution in [1.82, 2.24) is 10.2 Å². The molecule has 5 nitrogen and oxygen atoms in total. The Kier molecular flexibility index (Phi) is 6.72. The summed E-state index contributed by atoms with van der Waals surface area (Å²) in [5, 5.41) is 2.49. The number of hydrogen-bond acceptors (Lipinski definition) is 3. The Labute approximate surface area is 97.4 Å². The molecule has 2 amide bonds. The van der Waals surface area contributed by atoms with Crippen LogP contribution < -0.4 is 11.1 Å². The smallest absolute Gasteiger partial charge is 0.239 e. The lowest BCUT2D eigenvalue weighted by Gasteiger charge is -2.24. The van der Waals surface area contributed by atoms with Gasteiger partial charge in [-0.3, -0.25) is 9.59 Å². The van der Waals surface area contributed by atoms with Crippen molar-refractivity contribution in [3.63, 3.8) is 0 Å². The fourth-order valence-electron chi connectivity index (χ4n) is 1.44. The lowest BCUT2D eigenvalue weighted by atomic mass is 10.0. The molecule has 0 aliphatic heterocycles. The molecule has 0 spiro atoms. The van der Waals surface area contributed by atoms with E-state index >= 15 is 0 Å². The minimum atomic E-state index is -0.510. The zero-order valence-electron chi connectivity index (χ0n) is 10.6. The van der Waals surface area contributed by atoms with Crippen LogP contribution in [0.15, 0.2) is 0 Å². The quantitative estimate of drug-likeness (QED) is 0.671. The zero-order valence-corrected chi connectivity index (χ0v) is 10.6. The average Bonchev–Trinajstić information content (AvgIpc) is 2.23. The first kappa shape index (κ1) is 14.9. The maximum atomic E-state index is 11.9. The third kappa shape index (κ3) is 5.11. The van der Waals surface area contributed by atoms with Gasteiger partial charge in [0.1, 0.15) is 0 Å². The molecule has 16 heavy (non-hydrogen) atoms. The Hall–Kier alpha value is -1.10. The fourth-order valence-corrected chi connectivity index (χ4v) is 1.44. The molecule has 0 aliphatic carbocycles. The summed E-state index contributed by atoms with van der Waals surface area (Å²) in [6, 6.07) is -0.510. The molecule has 0 heterocycles. The minimum absolute atomic E-state index is 0.0810. The Morgan fingerprint density at radius 3 is 2.31 bits per heavy atom. The van der Waals surface area contributed by atoms with E-state index < -0.39 is 6.04 Å². The number of hydrogen-bond donors (Lipinski definition) is 2. The third-order valence-electron chi connectivity index (χ3n) is 2.35. The van der Waals surface area contributed by atoms with E-state index in [1.54, 1.807) is 7.05 Å². The van der Waals surface area contributed by atoms with E-state index in [-0.39, 0.29) is 18.4 Å². The molecule has 3 N–H and O–H groups in total. The van der Waals surface area contributed by atoms with Crippen molar-refractivity contribution in [2.45, 2.75) is 33.2 Å². The van der Waals surface area contributed by atoms with Crippen LogP contribution in [0.25, 0.3) is 0 Å². The minimum Gasteiger partial charge on any atom is -0.358 e. The van der Waals surface area contributed by atoms with Gasteiger partial charge in [0.2, 0.25) is 11.8 Å². The largest absolute Gasteiger partial charge is 0.358 e. The maximum absolute atomic E-state index is 11.9. The Balaban J connectivity index is 4.34. The number of carbonyl (C=O) groups excluding carboxylic acids is 2. The zero-order chi connectivity index (χ0) is 12.7. The number of rotatable bonds is 6. The standard InChI is InChI=1S/C11H23N3O2/c1-5-14(7-10(15)13-4)11(16)9(12)6-8(2)3/h8-9H,5-7,12H2,1-4H3,(H,13,15)/t9-/m0/s1. The van der Waals surface area contributed by atoms with E-state index in [4.69, 9.17) is 5.73 Å². The van der Waals surface area contributed by atoms with Crippen LogP contribution in [0.3, 0.4) is 0 Å². The molecule has 0 aromatic carbocycles. The van der Waals surface area contributed by atoms with Gasteiger partial charge in [-0.05, 0) is 19.3 Å². The van der Waals surface area contributed by atoms with Crippen molar-refractivity contribution in [2.24, 2.45) is 11.7 Å². The number of carbonyl (C=O) groups is 2. The summed E-state index contributed by atoms with van der Waals surface area (Å²) in [6.07, 6.45) is 0.642. The first-order chi connectivity index (χ1) is 7.42. The fraction of sp³-hybridized carbons (Fsp3) is 0.818. The van der Waals surface area contributed by atoms with E-state index in [0.29, 0.717) is 18.9 Å². The number of likely N-dealkylation sites (N-methyl/N-ethyl adjacent to an activating group) is 2. The predicted octanol–water partition coefficient (Wildman–Crippen LogP) is -0.0457. The van der Waals surface area contributed by atoms with Crippen LogP contribution in [0.1, 0.15) is 27.2 Å². The van der Waals surface area contributed by atoms with E-state index in [9.17, 15) is 9.59 Å². The van der Waals surface area contributed by atoms with E-state index in [1.807, 2.05) is 20.8 Å². The van der Waals surface area contributed by atoms with Gasteiger partial charge >= 0.3 is 0 Å². The number of nitrogens with two attached hydrogens (primary N) is 1. The van der Waals surface area contributed by atoms with Gasteiger partial charge in [0.15, 0.2) is 0 Å². The van der Waals surface area contributed by atoms with Gasteiger partial charge < -0.3 is 16.0 Å². The van der Waals surface area contributed by atoms with Gasteiger partial charge in [-0.15, -0.1) is 0 Å². The van der Waals surface area contributed by atoms with Crippen molar-refractivity contribution in [3.8, 4) is 0 Å². The second kappa shape index (κ2) is 7.22. The molecule has 0 aromatic rings. The summed E-state index contributed by atoms with van der Waals surface area (Å²) in [4.78, 5) is 24.5. The third-order valence-corrected chi connectivity index (χ3v) is 2.35. The van der Waals surface area contributed by atoms with Crippen molar-refractivity contribution in [2.75, 3.05) is 20.1 Å². The molecule has 0 bridgehead atoms. The highest BCUT2D eigenvalue weighted by atomic mass is 16.2. The molecule has 0 rings (SSSR count). The average molecular weight is 229 g/mol. The van der Waals surface area contributed by atoms with Crippen LogP contribution in [-0.4, -0.2) is 42.9 Å². The van der Waals surface area contributed by atoms with Gasteiger partial charge in [0.25, 0.3) is 0 Å². The topological polar surface area (TPSA) is 75.4 Å². The summed E-state index contributed by atoms with van der Waals surface area (Å²) in [7, 11) is 1.55. The highest BCUT2D eigenvalue weighted by molar-refractivity contribution is 5.87. The molecular formula is C11H23N3O2. The molecule has 1 atom stereocenters. The van der Waals surface area contributed by atoms with Gasteiger partial charge in [0, 0.05) is 13.6 Å². The van der Waals surface area contributed by atoms with Crippen LogP contribution in [0, 0.1) is 5.92 Å². The van der Waals surface area contributed by atoms with Crippen LogP contribution in [0.2, 0.25) is 0 Å². The highest BCUT2D eigenvalue weighted by Crippen LogP contribution is 2.05. The second-order valence-electron chi connectivity index (χ2n) is 4.26. The Morgan fingerprint density at radius 2 is 1.94 bits per heavy atom. The van der Waals surface area contributed by atoms with Crippen LogP contribution in [0.5, 0.6) is 0 Å². The van der Waals surface area contributed by atoms with Crippen LogP contribution >= 0.6 is 0 Å². The maximum Gasteiger partial charge on any atom is 0.239 e. The second-order valence-corrected chi connectivity index (χ2v) is 4.26. The number of nitrogens with zero attached hydrogens (tertiary/aromatic N) is 1. The molecule has 0 radical (unpaired) electrons. The van der Waals surface area contributed by atoms with Gasteiger partial charge in [-0.2, -0.15) is 0 Å². The number of nitrogens with one attached hydrogen (secondary N) is 1. The Morgan fingerprint density at radius 1 is 1.38 bits per heavy atom. The molecule has 0 fully saturated rings. The number of amides is 2. The monoisotopic (exact) mass is 229 g/mol. The van der Waals surface area contributed by atoms with E-state index in [1.165, 1.54) is 4.90 Å². The summed E-state index contributed by atoms with van der Waals surface area (Å²) >= 11 is 0. The summed E-state index contributed by atoms with van der Waals surface area (Å²) in [5.41, 5.74) is 5.79. The van der Waals surface area contributed by atoms with Crippen molar-refractivity contribution in [3.05, 3.63) is 0 Å². The predicted molar refractivity (Wildman–Crippen MR) is 63.8 cm³/mol. The van der Waals surface area contributed by atoms with Crippen molar-refractivity contribution >= 4 is 11.8 Å². The van der Waals surface area contributed by atoms with E-state index in [2.05, 4.69) is 5.32 Å².